The molecule has 0 aliphatic rings. The Labute approximate surface area is 164 Å². The summed E-state index contributed by atoms with van der Waals surface area (Å²) in [6.07, 6.45) is 1.44. The molecule has 2 aromatic carbocycles. The van der Waals surface area contributed by atoms with Crippen LogP contribution in [0.5, 0.6) is 17.2 Å². The van der Waals surface area contributed by atoms with E-state index in [1.165, 1.54) is 37.4 Å². The number of methoxy groups -OCH3 is 1. The minimum Gasteiger partial charge on any atom is -0.496 e. The molecule has 0 aliphatic carbocycles. The fourth-order valence-electron chi connectivity index (χ4n) is 2.26. The summed E-state index contributed by atoms with van der Waals surface area (Å²) < 4.78 is 64.9. The zero-order valence-corrected chi connectivity index (χ0v) is 17.0. The van der Waals surface area contributed by atoms with Crippen LogP contribution in [0.4, 0.5) is 0 Å². The molecule has 0 amide bonds. The van der Waals surface area contributed by atoms with E-state index in [0.29, 0.717) is 24.5 Å². The monoisotopic (exact) mass is 431 g/mol. The molecular weight excluding hydrogens is 410 g/mol. The van der Waals surface area contributed by atoms with Crippen LogP contribution in [0.25, 0.3) is 0 Å². The van der Waals surface area contributed by atoms with E-state index >= 15 is 0 Å². The van der Waals surface area contributed by atoms with Gasteiger partial charge in [-0.05, 0) is 12.1 Å². The zero-order chi connectivity index (χ0) is 20.8. The number of ether oxygens (including phenoxy) is 2. The highest BCUT2D eigenvalue weighted by molar-refractivity contribution is 7.92. The van der Waals surface area contributed by atoms with Crippen LogP contribution in [0, 0.1) is 0 Å². The Morgan fingerprint density at radius 3 is 2.11 bits per heavy atom. The summed E-state index contributed by atoms with van der Waals surface area (Å²) in [5, 5.41) is 0. The first kappa shape index (κ1) is 22.0. The van der Waals surface area contributed by atoms with E-state index in [9.17, 15) is 16.8 Å². The van der Waals surface area contributed by atoms with Gasteiger partial charge in [0.2, 0.25) is 0 Å². The van der Waals surface area contributed by atoms with Gasteiger partial charge in [-0.3, -0.25) is 0 Å². The average Bonchev–Trinajstić information content (AvgIpc) is 2.64. The largest absolute Gasteiger partial charge is 0.496 e. The third-order valence-electron chi connectivity index (χ3n) is 3.49. The molecule has 0 aliphatic heterocycles. The molecule has 0 atom stereocenters. The molecule has 28 heavy (non-hydrogen) atoms. The Morgan fingerprint density at radius 2 is 1.50 bits per heavy atom. The van der Waals surface area contributed by atoms with Crippen molar-refractivity contribution in [3.8, 4) is 17.2 Å². The lowest BCUT2D eigenvalue weighted by Gasteiger charge is -2.13. The molecule has 2 aromatic rings. The first-order chi connectivity index (χ1) is 13.2. The third kappa shape index (κ3) is 5.83. The van der Waals surface area contributed by atoms with Crippen molar-refractivity contribution in [1.29, 1.82) is 0 Å². The normalized spacial score (nSPS) is 11.8. The van der Waals surface area contributed by atoms with Gasteiger partial charge in [0.25, 0.3) is 0 Å². The minimum absolute atomic E-state index is 0.0901. The topological polar surface area (TPSA) is 131 Å². The highest BCUT2D eigenvalue weighted by atomic mass is 32.2. The standard InChI is InChI=1S/C17H21NO8S2/c1-23-13-10-14(24-8-5-9-25-18)12-15(11-13)26-28(21,22)17-7-4-3-6-16(17)27(2,19)20/h3-4,6-7,10-12H,5,8-9,18H2,1-2H3. The van der Waals surface area contributed by atoms with Crippen molar-refractivity contribution in [2.75, 3.05) is 26.6 Å². The van der Waals surface area contributed by atoms with Gasteiger partial charge < -0.3 is 18.5 Å². The number of rotatable bonds is 10. The van der Waals surface area contributed by atoms with Crippen molar-refractivity contribution in [3.63, 3.8) is 0 Å². The van der Waals surface area contributed by atoms with Gasteiger partial charge in [-0.1, -0.05) is 12.1 Å². The summed E-state index contributed by atoms with van der Waals surface area (Å²) in [4.78, 5) is 3.64. The van der Waals surface area contributed by atoms with Crippen molar-refractivity contribution in [2.45, 2.75) is 16.2 Å². The average molecular weight is 431 g/mol. The molecule has 2 N–H and O–H groups in total. The fourth-order valence-corrected chi connectivity index (χ4v) is 4.78. The predicted molar refractivity (Wildman–Crippen MR) is 101 cm³/mol. The van der Waals surface area contributed by atoms with Crippen LogP contribution in [0.15, 0.2) is 52.3 Å². The molecule has 154 valence electrons. The van der Waals surface area contributed by atoms with Crippen LogP contribution in [-0.2, 0) is 24.8 Å². The number of benzene rings is 2. The number of nitrogens with two attached hydrogens (primary N) is 1. The molecule has 0 saturated heterocycles. The fraction of sp³-hybridized carbons (Fsp3) is 0.294. The van der Waals surface area contributed by atoms with Crippen LogP contribution < -0.4 is 19.6 Å². The van der Waals surface area contributed by atoms with Crippen LogP contribution in [0.3, 0.4) is 0 Å². The van der Waals surface area contributed by atoms with Gasteiger partial charge in [-0.15, -0.1) is 0 Å². The Morgan fingerprint density at radius 1 is 0.893 bits per heavy atom. The minimum atomic E-state index is -4.42. The summed E-state index contributed by atoms with van der Waals surface area (Å²) in [5.41, 5.74) is 0. The molecule has 0 heterocycles. The van der Waals surface area contributed by atoms with Gasteiger partial charge in [0.05, 0.1) is 25.2 Å². The highest BCUT2D eigenvalue weighted by Crippen LogP contribution is 2.31. The van der Waals surface area contributed by atoms with Gasteiger partial charge in [0.1, 0.15) is 22.1 Å². The molecule has 2 rings (SSSR count). The summed E-state index contributed by atoms with van der Waals surface area (Å²) in [6, 6.07) is 9.44. The summed E-state index contributed by atoms with van der Waals surface area (Å²) in [7, 11) is -6.80. The summed E-state index contributed by atoms with van der Waals surface area (Å²) in [5.74, 6) is 5.45. The number of hydrogen-bond donors (Lipinski definition) is 1. The van der Waals surface area contributed by atoms with E-state index in [4.69, 9.17) is 19.6 Å². The Kier molecular flexibility index (Phi) is 7.24. The van der Waals surface area contributed by atoms with E-state index in [1.807, 2.05) is 0 Å². The lowest BCUT2D eigenvalue weighted by atomic mass is 10.3. The molecule has 0 radical (unpaired) electrons. The van der Waals surface area contributed by atoms with Crippen molar-refractivity contribution < 1.29 is 35.3 Å². The SMILES string of the molecule is COc1cc(OCCCON)cc(OS(=O)(=O)c2ccccc2S(C)(=O)=O)c1. The molecule has 0 spiro atoms. The lowest BCUT2D eigenvalue weighted by molar-refractivity contribution is 0.122. The van der Waals surface area contributed by atoms with E-state index in [1.54, 1.807) is 6.07 Å². The van der Waals surface area contributed by atoms with E-state index in [2.05, 4.69) is 4.84 Å². The molecule has 9 nitrogen and oxygen atoms in total. The second kappa shape index (κ2) is 9.24. The maximum atomic E-state index is 12.7. The molecule has 11 heteroatoms. The lowest BCUT2D eigenvalue weighted by Crippen LogP contribution is -2.14. The first-order valence-electron chi connectivity index (χ1n) is 8.04. The van der Waals surface area contributed by atoms with Gasteiger partial charge >= 0.3 is 10.1 Å². The summed E-state index contributed by atoms with van der Waals surface area (Å²) >= 11 is 0. The maximum absolute atomic E-state index is 12.7. The maximum Gasteiger partial charge on any atom is 0.340 e. The van der Waals surface area contributed by atoms with Crippen LogP contribution in [-0.4, -0.2) is 43.4 Å². The van der Waals surface area contributed by atoms with Crippen molar-refractivity contribution >= 4 is 20.0 Å². The second-order valence-corrected chi connectivity index (χ2v) is 9.17. The predicted octanol–water partition coefficient (Wildman–Crippen LogP) is 1.53. The van der Waals surface area contributed by atoms with E-state index in [0.717, 1.165) is 12.3 Å². The first-order valence-corrected chi connectivity index (χ1v) is 11.3. The van der Waals surface area contributed by atoms with Crippen molar-refractivity contribution in [1.82, 2.24) is 0 Å². The van der Waals surface area contributed by atoms with Crippen LogP contribution in [0.2, 0.25) is 0 Å². The van der Waals surface area contributed by atoms with E-state index in [-0.39, 0.29) is 17.3 Å². The smallest absolute Gasteiger partial charge is 0.340 e. The highest BCUT2D eigenvalue weighted by Gasteiger charge is 2.25. The Balaban J connectivity index is 2.34. The second-order valence-electron chi connectivity index (χ2n) is 5.67. The number of sulfone groups is 1. The molecule has 0 saturated carbocycles. The number of hydrogen-bond acceptors (Lipinski definition) is 9. The molecule has 0 fully saturated rings. The van der Waals surface area contributed by atoms with Gasteiger partial charge in [0, 0.05) is 30.9 Å². The van der Waals surface area contributed by atoms with Gasteiger partial charge in [0.15, 0.2) is 9.84 Å². The third-order valence-corrected chi connectivity index (χ3v) is 6.08. The quantitative estimate of drug-likeness (QED) is 0.338. The Bertz CT molecular complexity index is 1020. The van der Waals surface area contributed by atoms with Gasteiger partial charge in [-0.25, -0.2) is 14.3 Å². The van der Waals surface area contributed by atoms with E-state index < -0.39 is 24.9 Å². The molecule has 0 aromatic heterocycles. The summed E-state index contributed by atoms with van der Waals surface area (Å²) in [6.45, 7) is 0.567. The van der Waals surface area contributed by atoms with Crippen LogP contribution in [0.1, 0.15) is 6.42 Å². The van der Waals surface area contributed by atoms with Crippen molar-refractivity contribution in [2.24, 2.45) is 5.90 Å². The Hall–Kier alpha value is -2.34. The van der Waals surface area contributed by atoms with Gasteiger partial charge in [-0.2, -0.15) is 8.42 Å². The van der Waals surface area contributed by atoms with Crippen molar-refractivity contribution in [3.05, 3.63) is 42.5 Å². The molecule has 0 bridgehead atoms. The van der Waals surface area contributed by atoms with Crippen LogP contribution >= 0.6 is 0 Å². The molecular formula is C17H21NO8S2. The zero-order valence-electron chi connectivity index (χ0n) is 15.3. The molecule has 0 unspecified atom stereocenters.